The number of hydrogen-bond acceptors (Lipinski definition) is 6. The van der Waals surface area contributed by atoms with E-state index in [1.54, 1.807) is 29.5 Å². The Balaban J connectivity index is 1.48. The Morgan fingerprint density at radius 2 is 2.07 bits per heavy atom. The summed E-state index contributed by atoms with van der Waals surface area (Å²) in [5.74, 6) is 0.165. The van der Waals surface area contributed by atoms with Crippen LogP contribution < -0.4 is 10.9 Å². The molecule has 29 heavy (non-hydrogen) atoms. The maximum atomic E-state index is 12.7. The van der Waals surface area contributed by atoms with E-state index in [0.717, 1.165) is 13.1 Å². The summed E-state index contributed by atoms with van der Waals surface area (Å²) in [4.78, 5) is 32.6. The molecule has 2 N–H and O–H groups in total. The van der Waals surface area contributed by atoms with E-state index in [9.17, 15) is 9.59 Å². The van der Waals surface area contributed by atoms with Gasteiger partial charge in [0.1, 0.15) is 11.3 Å². The minimum Gasteiger partial charge on any atom is -0.463 e. The Bertz CT molecular complexity index is 1020. The van der Waals surface area contributed by atoms with E-state index in [1.807, 2.05) is 0 Å². The summed E-state index contributed by atoms with van der Waals surface area (Å²) >= 11 is 1.73. The Kier molecular flexibility index (Phi) is 5.94. The minimum atomic E-state index is -0.439. The summed E-state index contributed by atoms with van der Waals surface area (Å²) in [6.07, 6.45) is 1.53. The highest BCUT2D eigenvalue weighted by molar-refractivity contribution is 7.12. The molecule has 1 amide bonds. The molecule has 0 aromatic carbocycles. The van der Waals surface area contributed by atoms with Crippen molar-refractivity contribution in [3.8, 4) is 11.5 Å². The highest BCUT2D eigenvalue weighted by Gasteiger charge is 2.25. The van der Waals surface area contributed by atoms with Crippen molar-refractivity contribution in [2.45, 2.75) is 13.0 Å². The van der Waals surface area contributed by atoms with Crippen molar-refractivity contribution in [2.75, 3.05) is 32.8 Å². The van der Waals surface area contributed by atoms with Crippen LogP contribution in [-0.2, 0) is 4.74 Å². The lowest BCUT2D eigenvalue weighted by atomic mass is 10.1. The summed E-state index contributed by atoms with van der Waals surface area (Å²) in [5.41, 5.74) is 0.187. The number of morpholine rings is 1. The van der Waals surface area contributed by atoms with Crippen molar-refractivity contribution in [1.29, 1.82) is 0 Å². The van der Waals surface area contributed by atoms with Crippen molar-refractivity contribution in [1.82, 2.24) is 15.2 Å². The number of carbonyl (C=O) groups is 1. The Morgan fingerprint density at radius 3 is 2.72 bits per heavy atom. The molecule has 0 unspecified atom stereocenters. The molecular formula is C21H23N3O4S. The summed E-state index contributed by atoms with van der Waals surface area (Å²) in [5, 5.41) is 2.94. The number of thiophene rings is 1. The molecule has 4 heterocycles. The second-order valence-corrected chi connectivity index (χ2v) is 8.23. The molecule has 0 radical (unpaired) electrons. The largest absolute Gasteiger partial charge is 0.463 e. The summed E-state index contributed by atoms with van der Waals surface area (Å²) in [7, 11) is 0. The Labute approximate surface area is 172 Å². The standard InChI is InChI=1S/C21H23N3O4S/c1-14-4-7-19(29-14)17(24-8-11-27-12-9-24)13-22-20(25)15-5-6-16(23-21(15)26)18-3-2-10-28-18/h2-7,10,17H,8-9,11-13H2,1H3,(H,22,25)(H,23,26)/t17-/m0/s1. The third-order valence-corrected chi connectivity index (χ3v) is 6.07. The number of ether oxygens (including phenoxy) is 1. The van der Waals surface area contributed by atoms with Gasteiger partial charge in [0.25, 0.3) is 11.5 Å². The van der Waals surface area contributed by atoms with E-state index in [1.165, 1.54) is 22.1 Å². The molecule has 4 rings (SSSR count). The number of aryl methyl sites for hydroxylation is 1. The van der Waals surface area contributed by atoms with Gasteiger partial charge in [-0.3, -0.25) is 14.5 Å². The molecule has 0 bridgehead atoms. The minimum absolute atomic E-state index is 0.0584. The number of rotatable bonds is 6. The zero-order valence-corrected chi connectivity index (χ0v) is 17.0. The molecule has 8 heteroatoms. The smallest absolute Gasteiger partial charge is 0.261 e. The van der Waals surface area contributed by atoms with Crippen LogP contribution in [0.5, 0.6) is 0 Å². The molecule has 7 nitrogen and oxygen atoms in total. The zero-order valence-electron chi connectivity index (χ0n) is 16.1. The van der Waals surface area contributed by atoms with Gasteiger partial charge in [0.15, 0.2) is 0 Å². The molecule has 1 saturated heterocycles. The first-order valence-electron chi connectivity index (χ1n) is 9.55. The quantitative estimate of drug-likeness (QED) is 0.649. The van der Waals surface area contributed by atoms with Crippen molar-refractivity contribution < 1.29 is 13.9 Å². The van der Waals surface area contributed by atoms with Crippen LogP contribution >= 0.6 is 11.3 Å². The van der Waals surface area contributed by atoms with Crippen molar-refractivity contribution >= 4 is 17.2 Å². The first kappa shape index (κ1) is 19.6. The van der Waals surface area contributed by atoms with Gasteiger partial charge < -0.3 is 19.5 Å². The average Bonchev–Trinajstić information content (AvgIpc) is 3.41. The van der Waals surface area contributed by atoms with Crippen LogP contribution in [0, 0.1) is 6.92 Å². The van der Waals surface area contributed by atoms with Gasteiger partial charge in [-0.1, -0.05) is 0 Å². The number of H-pyrrole nitrogens is 1. The number of pyridine rings is 1. The van der Waals surface area contributed by atoms with Crippen LogP contribution in [0.4, 0.5) is 0 Å². The molecule has 1 atom stereocenters. The number of furan rings is 1. The van der Waals surface area contributed by atoms with E-state index >= 15 is 0 Å². The van der Waals surface area contributed by atoms with E-state index in [4.69, 9.17) is 9.15 Å². The predicted molar refractivity (Wildman–Crippen MR) is 111 cm³/mol. The van der Waals surface area contributed by atoms with Crippen LogP contribution in [0.1, 0.15) is 26.2 Å². The van der Waals surface area contributed by atoms with Crippen LogP contribution in [0.15, 0.2) is 51.9 Å². The van der Waals surface area contributed by atoms with Crippen LogP contribution in [0.2, 0.25) is 0 Å². The topological polar surface area (TPSA) is 87.6 Å². The number of aromatic nitrogens is 1. The maximum absolute atomic E-state index is 12.7. The lowest BCUT2D eigenvalue weighted by Gasteiger charge is -2.34. The van der Waals surface area contributed by atoms with Crippen molar-refractivity contribution in [2.24, 2.45) is 0 Å². The zero-order chi connectivity index (χ0) is 20.2. The maximum Gasteiger partial charge on any atom is 0.261 e. The van der Waals surface area contributed by atoms with Gasteiger partial charge in [0, 0.05) is 29.4 Å². The van der Waals surface area contributed by atoms with Gasteiger partial charge in [-0.2, -0.15) is 0 Å². The van der Waals surface area contributed by atoms with Gasteiger partial charge >= 0.3 is 0 Å². The highest BCUT2D eigenvalue weighted by atomic mass is 32.1. The molecular weight excluding hydrogens is 390 g/mol. The molecule has 1 fully saturated rings. The molecule has 152 valence electrons. The van der Waals surface area contributed by atoms with E-state index < -0.39 is 5.56 Å². The fourth-order valence-electron chi connectivity index (χ4n) is 3.44. The van der Waals surface area contributed by atoms with E-state index in [2.05, 4.69) is 34.3 Å². The van der Waals surface area contributed by atoms with E-state index in [-0.39, 0.29) is 17.5 Å². The molecule has 0 aliphatic carbocycles. The lowest BCUT2D eigenvalue weighted by Crippen LogP contribution is -2.44. The second-order valence-electron chi connectivity index (χ2n) is 6.91. The first-order valence-corrected chi connectivity index (χ1v) is 10.4. The Hall–Kier alpha value is -2.68. The molecule has 3 aromatic rings. The van der Waals surface area contributed by atoms with E-state index in [0.29, 0.717) is 31.2 Å². The molecule has 3 aromatic heterocycles. The molecule has 0 saturated carbocycles. The average molecular weight is 413 g/mol. The number of hydrogen-bond donors (Lipinski definition) is 2. The van der Waals surface area contributed by atoms with Crippen LogP contribution in [0.3, 0.4) is 0 Å². The fraction of sp³-hybridized carbons (Fsp3) is 0.333. The Morgan fingerprint density at radius 1 is 1.24 bits per heavy atom. The third kappa shape index (κ3) is 4.50. The van der Waals surface area contributed by atoms with Gasteiger partial charge in [-0.25, -0.2) is 0 Å². The second kappa shape index (κ2) is 8.77. The van der Waals surface area contributed by atoms with Crippen LogP contribution in [-0.4, -0.2) is 48.6 Å². The molecule has 1 aliphatic heterocycles. The van der Waals surface area contributed by atoms with Gasteiger partial charge in [-0.05, 0) is 43.3 Å². The van der Waals surface area contributed by atoms with Crippen molar-refractivity contribution in [3.63, 3.8) is 0 Å². The monoisotopic (exact) mass is 413 g/mol. The predicted octanol–water partition coefficient (Wildman–Crippen LogP) is 2.81. The highest BCUT2D eigenvalue weighted by Crippen LogP contribution is 2.28. The third-order valence-electron chi connectivity index (χ3n) is 4.97. The van der Waals surface area contributed by atoms with Crippen molar-refractivity contribution in [3.05, 3.63) is 68.3 Å². The number of amides is 1. The SMILES string of the molecule is Cc1ccc([C@H](CNC(=O)c2ccc(-c3ccco3)[nH]c2=O)N2CCOCC2)s1. The summed E-state index contributed by atoms with van der Waals surface area (Å²) in [6.45, 7) is 5.50. The van der Waals surface area contributed by atoms with Gasteiger partial charge in [0.2, 0.25) is 0 Å². The molecule has 1 aliphatic rings. The number of aromatic amines is 1. The summed E-state index contributed by atoms with van der Waals surface area (Å²) in [6, 6.07) is 11.0. The fourth-order valence-corrected chi connectivity index (χ4v) is 4.46. The van der Waals surface area contributed by atoms with Gasteiger partial charge in [0.05, 0.1) is 31.2 Å². The van der Waals surface area contributed by atoms with Gasteiger partial charge in [-0.15, -0.1) is 11.3 Å². The lowest BCUT2D eigenvalue weighted by molar-refractivity contribution is 0.0169. The molecule has 0 spiro atoms. The number of nitrogens with one attached hydrogen (secondary N) is 2. The summed E-state index contributed by atoms with van der Waals surface area (Å²) < 4.78 is 10.8. The normalized spacial score (nSPS) is 15.9. The van der Waals surface area contributed by atoms with Crippen LogP contribution in [0.25, 0.3) is 11.5 Å². The first-order chi connectivity index (χ1) is 14.1. The number of nitrogens with zero attached hydrogens (tertiary/aromatic N) is 1. The number of carbonyl (C=O) groups excluding carboxylic acids is 1.